The number of amides is 2. The fourth-order valence-electron chi connectivity index (χ4n) is 1.64. The lowest BCUT2D eigenvalue weighted by Crippen LogP contribution is -2.45. The van der Waals surface area contributed by atoms with Gasteiger partial charge in [-0.15, -0.1) is 0 Å². The predicted molar refractivity (Wildman–Crippen MR) is 77.9 cm³/mol. The Kier molecular flexibility index (Phi) is 6.16. The molecule has 0 aliphatic rings. The minimum atomic E-state index is -1.28. The summed E-state index contributed by atoms with van der Waals surface area (Å²) in [5, 5.41) is 20.0. The maximum absolute atomic E-state index is 11.9. The predicted octanol–water partition coefficient (Wildman–Crippen LogP) is 1.69. The van der Waals surface area contributed by atoms with Crippen LogP contribution in [0.2, 0.25) is 0 Å². The largest absolute Gasteiger partial charge is 0.480 e. The Morgan fingerprint density at radius 3 is 2.05 bits per heavy atom. The number of nitrogens with one attached hydrogen (secondary N) is 1. The molecule has 7 nitrogen and oxygen atoms in total. The van der Waals surface area contributed by atoms with Crippen molar-refractivity contribution in [2.75, 3.05) is 13.1 Å². The van der Waals surface area contributed by atoms with Gasteiger partial charge in [-0.25, -0.2) is 4.79 Å². The van der Waals surface area contributed by atoms with Gasteiger partial charge in [0.1, 0.15) is 13.1 Å². The van der Waals surface area contributed by atoms with E-state index in [1.165, 1.54) is 0 Å². The molecule has 114 valence electrons. The van der Waals surface area contributed by atoms with E-state index in [4.69, 9.17) is 10.2 Å². The third kappa shape index (κ3) is 5.82. The average molecular weight is 359 g/mol. The van der Waals surface area contributed by atoms with Gasteiger partial charge in [0.2, 0.25) is 0 Å². The first-order valence-corrected chi connectivity index (χ1v) is 6.83. The molecule has 0 aromatic heterocycles. The lowest BCUT2D eigenvalue weighted by atomic mass is 10.1. The highest BCUT2D eigenvalue weighted by atomic mass is 79.9. The summed E-state index contributed by atoms with van der Waals surface area (Å²) in [6.07, 6.45) is 0. The summed E-state index contributed by atoms with van der Waals surface area (Å²) in [5.74, 6) is -2.55. The van der Waals surface area contributed by atoms with Crippen LogP contribution in [0.25, 0.3) is 0 Å². The molecule has 0 fully saturated rings. The minimum absolute atomic E-state index is 0.379. The topological polar surface area (TPSA) is 107 Å². The summed E-state index contributed by atoms with van der Waals surface area (Å²) >= 11 is 3.30. The molecule has 3 N–H and O–H groups in total. The number of carboxylic acid groups (broad SMARTS) is 2. The molecule has 1 unspecified atom stereocenters. The summed E-state index contributed by atoms with van der Waals surface area (Å²) in [4.78, 5) is 34.0. The van der Waals surface area contributed by atoms with Crippen molar-refractivity contribution in [1.82, 2.24) is 10.2 Å². The Balaban J connectivity index is 2.73. The summed E-state index contributed by atoms with van der Waals surface area (Å²) in [7, 11) is 0. The van der Waals surface area contributed by atoms with Crippen molar-refractivity contribution in [2.24, 2.45) is 0 Å². The number of benzene rings is 1. The highest BCUT2D eigenvalue weighted by molar-refractivity contribution is 9.10. The van der Waals surface area contributed by atoms with Crippen LogP contribution in [0, 0.1) is 0 Å². The normalized spacial score (nSPS) is 11.5. The Morgan fingerprint density at radius 1 is 1.14 bits per heavy atom. The fraction of sp³-hybridized carbons (Fsp3) is 0.308. The number of carboxylic acids is 2. The number of rotatable bonds is 6. The fourth-order valence-corrected chi connectivity index (χ4v) is 1.90. The van der Waals surface area contributed by atoms with Crippen molar-refractivity contribution < 1.29 is 24.6 Å². The van der Waals surface area contributed by atoms with E-state index in [2.05, 4.69) is 21.2 Å². The molecule has 0 bridgehead atoms. The maximum atomic E-state index is 11.9. The number of aliphatic carboxylic acids is 2. The molecular formula is C13H15BrN2O5. The zero-order valence-electron chi connectivity index (χ0n) is 11.2. The average Bonchev–Trinajstić information content (AvgIpc) is 2.37. The molecule has 0 saturated carbocycles. The smallest absolute Gasteiger partial charge is 0.323 e. The number of hydrogen-bond donors (Lipinski definition) is 3. The molecule has 8 heteroatoms. The van der Waals surface area contributed by atoms with Crippen LogP contribution in [0.3, 0.4) is 0 Å². The van der Waals surface area contributed by atoms with Gasteiger partial charge in [-0.05, 0) is 24.6 Å². The quantitative estimate of drug-likeness (QED) is 0.717. The number of urea groups is 1. The summed E-state index contributed by atoms with van der Waals surface area (Å²) in [6.45, 7) is 0.372. The van der Waals surface area contributed by atoms with E-state index >= 15 is 0 Å². The Hall–Kier alpha value is -2.09. The van der Waals surface area contributed by atoms with E-state index in [-0.39, 0.29) is 6.04 Å². The lowest BCUT2D eigenvalue weighted by Gasteiger charge is -2.22. The van der Waals surface area contributed by atoms with Crippen molar-refractivity contribution >= 4 is 33.9 Å². The Morgan fingerprint density at radius 2 is 1.62 bits per heavy atom. The maximum Gasteiger partial charge on any atom is 0.323 e. The molecule has 1 aromatic carbocycles. The summed E-state index contributed by atoms with van der Waals surface area (Å²) in [5.41, 5.74) is 0.817. The van der Waals surface area contributed by atoms with Gasteiger partial charge in [0, 0.05) is 4.47 Å². The number of halogens is 1. The van der Waals surface area contributed by atoms with Gasteiger partial charge >= 0.3 is 18.0 Å². The summed E-state index contributed by atoms with van der Waals surface area (Å²) < 4.78 is 0.892. The molecule has 0 aliphatic carbocycles. The molecule has 0 radical (unpaired) electrons. The van der Waals surface area contributed by atoms with Crippen LogP contribution in [0.4, 0.5) is 4.79 Å². The second-order valence-corrected chi connectivity index (χ2v) is 5.28. The second kappa shape index (κ2) is 7.63. The molecule has 1 rings (SSSR count). The van der Waals surface area contributed by atoms with Crippen LogP contribution in [0.1, 0.15) is 18.5 Å². The van der Waals surface area contributed by atoms with Crippen LogP contribution in [0.15, 0.2) is 28.7 Å². The molecule has 21 heavy (non-hydrogen) atoms. The van der Waals surface area contributed by atoms with E-state index in [0.717, 1.165) is 14.9 Å². The zero-order valence-corrected chi connectivity index (χ0v) is 12.8. The first kappa shape index (κ1) is 17.0. The third-order valence-electron chi connectivity index (χ3n) is 2.65. The lowest BCUT2D eigenvalue weighted by molar-refractivity contribution is -0.140. The molecule has 1 aromatic rings. The number of nitrogens with zero attached hydrogens (tertiary/aromatic N) is 1. The molecule has 2 amide bonds. The molecule has 1 atom stereocenters. The van der Waals surface area contributed by atoms with E-state index in [9.17, 15) is 14.4 Å². The van der Waals surface area contributed by atoms with Gasteiger partial charge in [0.25, 0.3) is 0 Å². The number of hydrogen-bond acceptors (Lipinski definition) is 3. The van der Waals surface area contributed by atoms with Crippen molar-refractivity contribution in [3.05, 3.63) is 34.3 Å². The summed E-state index contributed by atoms with van der Waals surface area (Å²) in [6, 6.07) is 6.10. The molecule has 0 saturated heterocycles. The van der Waals surface area contributed by atoms with Crippen molar-refractivity contribution in [3.8, 4) is 0 Å². The Labute approximate surface area is 129 Å². The van der Waals surface area contributed by atoms with Crippen molar-refractivity contribution in [1.29, 1.82) is 0 Å². The van der Waals surface area contributed by atoms with Gasteiger partial charge < -0.3 is 20.4 Å². The van der Waals surface area contributed by atoms with Gasteiger partial charge in [-0.3, -0.25) is 9.59 Å². The second-order valence-electron chi connectivity index (χ2n) is 4.37. The molecule has 0 heterocycles. The number of carbonyl (C=O) groups is 3. The minimum Gasteiger partial charge on any atom is -0.480 e. The van der Waals surface area contributed by atoms with Crippen LogP contribution < -0.4 is 5.32 Å². The van der Waals surface area contributed by atoms with E-state index in [1.54, 1.807) is 19.1 Å². The zero-order chi connectivity index (χ0) is 16.0. The molecule has 0 spiro atoms. The van der Waals surface area contributed by atoms with Crippen LogP contribution in [0.5, 0.6) is 0 Å². The molecular weight excluding hydrogens is 344 g/mol. The van der Waals surface area contributed by atoms with Gasteiger partial charge in [0.05, 0.1) is 6.04 Å². The van der Waals surface area contributed by atoms with Crippen molar-refractivity contribution in [3.63, 3.8) is 0 Å². The Bertz CT molecular complexity index is 516. The van der Waals surface area contributed by atoms with Crippen LogP contribution in [-0.4, -0.2) is 46.2 Å². The van der Waals surface area contributed by atoms with Gasteiger partial charge in [0.15, 0.2) is 0 Å². The van der Waals surface area contributed by atoms with Gasteiger partial charge in [-0.2, -0.15) is 0 Å². The first-order valence-electron chi connectivity index (χ1n) is 6.04. The standard InChI is InChI=1S/C13H15BrN2O5/c1-8(9-2-4-10(14)5-3-9)15-13(21)16(6-11(17)18)7-12(19)20/h2-5,8H,6-7H2,1H3,(H,15,21)(H,17,18)(H,19,20). The first-order chi connectivity index (χ1) is 9.79. The van der Waals surface area contributed by atoms with Crippen LogP contribution in [-0.2, 0) is 9.59 Å². The molecule has 0 aliphatic heterocycles. The van der Waals surface area contributed by atoms with E-state index in [1.807, 2.05) is 12.1 Å². The monoisotopic (exact) mass is 358 g/mol. The van der Waals surface area contributed by atoms with E-state index < -0.39 is 31.1 Å². The SMILES string of the molecule is CC(NC(=O)N(CC(=O)O)CC(=O)O)c1ccc(Br)cc1. The van der Waals surface area contributed by atoms with E-state index in [0.29, 0.717) is 0 Å². The highest BCUT2D eigenvalue weighted by Gasteiger charge is 2.21. The number of carbonyl (C=O) groups excluding carboxylic acids is 1. The van der Waals surface area contributed by atoms with Crippen LogP contribution >= 0.6 is 15.9 Å². The van der Waals surface area contributed by atoms with Gasteiger partial charge in [-0.1, -0.05) is 28.1 Å². The van der Waals surface area contributed by atoms with Crippen molar-refractivity contribution in [2.45, 2.75) is 13.0 Å². The highest BCUT2D eigenvalue weighted by Crippen LogP contribution is 2.16. The third-order valence-corrected chi connectivity index (χ3v) is 3.18.